The monoisotopic (exact) mass is 348 g/mol. The van der Waals surface area contributed by atoms with Crippen LogP contribution in [0.5, 0.6) is 0 Å². The zero-order valence-corrected chi connectivity index (χ0v) is 16.4. The van der Waals surface area contributed by atoms with Gasteiger partial charge in [-0.3, -0.25) is 4.79 Å². The van der Waals surface area contributed by atoms with Crippen LogP contribution in [-0.2, 0) is 18.1 Å². The predicted molar refractivity (Wildman–Crippen MR) is 94.3 cm³/mol. The van der Waals surface area contributed by atoms with Gasteiger partial charge in [0.25, 0.3) is 0 Å². The molecule has 0 saturated heterocycles. The van der Waals surface area contributed by atoms with Gasteiger partial charge in [-0.2, -0.15) is 11.8 Å². The standard InChI is InChI=1S/C16H32O4SSi/c1-5-18-22(19-6-2,20-7-3)13-9-12-21-14(4)15-10-8-11-16(15)17/h14-15H,5-13H2,1-4H3. The maximum Gasteiger partial charge on any atom is 0.500 e. The Labute approximate surface area is 141 Å². The van der Waals surface area contributed by atoms with E-state index in [1.165, 1.54) is 0 Å². The molecule has 22 heavy (non-hydrogen) atoms. The molecule has 0 radical (unpaired) electrons. The topological polar surface area (TPSA) is 44.8 Å². The molecule has 1 aliphatic carbocycles. The van der Waals surface area contributed by atoms with E-state index in [0.717, 1.165) is 37.5 Å². The highest BCUT2D eigenvalue weighted by Crippen LogP contribution is 2.32. The van der Waals surface area contributed by atoms with Gasteiger partial charge in [-0.1, -0.05) is 6.92 Å². The van der Waals surface area contributed by atoms with Crippen LogP contribution in [-0.4, -0.2) is 45.4 Å². The van der Waals surface area contributed by atoms with E-state index in [1.807, 2.05) is 32.5 Å². The number of rotatable bonds is 12. The Hall–Kier alpha value is 0.117. The lowest BCUT2D eigenvalue weighted by molar-refractivity contribution is -0.120. The summed E-state index contributed by atoms with van der Waals surface area (Å²) in [5, 5.41) is 0.428. The molecular formula is C16H32O4SSi. The van der Waals surface area contributed by atoms with Crippen molar-refractivity contribution in [1.82, 2.24) is 0 Å². The van der Waals surface area contributed by atoms with E-state index < -0.39 is 8.80 Å². The SMILES string of the molecule is CCO[Si](CCCSC(C)C1CCCC1=O)(OCC)OCC. The lowest BCUT2D eigenvalue weighted by Gasteiger charge is -2.28. The van der Waals surface area contributed by atoms with Gasteiger partial charge in [-0.15, -0.1) is 0 Å². The molecule has 0 aromatic rings. The summed E-state index contributed by atoms with van der Waals surface area (Å²) in [4.78, 5) is 11.8. The van der Waals surface area contributed by atoms with Gasteiger partial charge in [0.15, 0.2) is 0 Å². The quantitative estimate of drug-likeness (QED) is 0.395. The molecule has 0 heterocycles. The second-order valence-corrected chi connectivity index (χ2v) is 9.84. The number of carbonyl (C=O) groups is 1. The van der Waals surface area contributed by atoms with Crippen LogP contribution < -0.4 is 0 Å². The summed E-state index contributed by atoms with van der Waals surface area (Å²) in [7, 11) is -2.49. The average molecular weight is 349 g/mol. The first kappa shape index (κ1) is 20.2. The second-order valence-electron chi connectivity index (χ2n) is 5.63. The van der Waals surface area contributed by atoms with E-state index in [9.17, 15) is 4.79 Å². The third-order valence-electron chi connectivity index (χ3n) is 4.02. The van der Waals surface area contributed by atoms with Crippen molar-refractivity contribution in [2.24, 2.45) is 5.92 Å². The van der Waals surface area contributed by atoms with Crippen LogP contribution in [0.1, 0.15) is 53.4 Å². The number of thioether (sulfide) groups is 1. The van der Waals surface area contributed by atoms with E-state index in [2.05, 4.69) is 6.92 Å². The van der Waals surface area contributed by atoms with Gasteiger partial charge in [-0.05, 0) is 45.8 Å². The molecule has 1 saturated carbocycles. The fourth-order valence-corrected chi connectivity index (χ4v) is 7.09. The fraction of sp³-hybridized carbons (Fsp3) is 0.938. The molecule has 0 spiro atoms. The number of ketones is 1. The maximum atomic E-state index is 11.8. The Bertz CT molecular complexity index is 310. The molecule has 1 aliphatic rings. The van der Waals surface area contributed by atoms with Crippen LogP contribution in [0.3, 0.4) is 0 Å². The zero-order chi connectivity index (χ0) is 16.4. The van der Waals surface area contributed by atoms with Gasteiger partial charge in [0, 0.05) is 43.5 Å². The molecule has 2 unspecified atom stereocenters. The van der Waals surface area contributed by atoms with Crippen LogP contribution in [0.15, 0.2) is 0 Å². The highest BCUT2D eigenvalue weighted by molar-refractivity contribution is 7.99. The normalized spacial score (nSPS) is 20.5. The molecule has 0 aliphatic heterocycles. The summed E-state index contributed by atoms with van der Waals surface area (Å²) in [6.45, 7) is 10.1. The summed E-state index contributed by atoms with van der Waals surface area (Å²) < 4.78 is 17.6. The predicted octanol–water partition coefficient (Wildman–Crippen LogP) is 3.92. The molecule has 4 nitrogen and oxygen atoms in total. The van der Waals surface area contributed by atoms with Crippen molar-refractivity contribution in [1.29, 1.82) is 0 Å². The van der Waals surface area contributed by atoms with Gasteiger partial charge in [0.1, 0.15) is 5.78 Å². The van der Waals surface area contributed by atoms with Gasteiger partial charge in [0.05, 0.1) is 0 Å². The molecule has 0 N–H and O–H groups in total. The minimum atomic E-state index is -2.49. The molecule has 130 valence electrons. The Morgan fingerprint density at radius 1 is 1.18 bits per heavy atom. The summed E-state index contributed by atoms with van der Waals surface area (Å²) in [5.74, 6) is 1.77. The number of hydrogen-bond acceptors (Lipinski definition) is 5. The number of hydrogen-bond donors (Lipinski definition) is 0. The molecule has 1 rings (SSSR count). The Morgan fingerprint density at radius 2 is 1.77 bits per heavy atom. The van der Waals surface area contributed by atoms with Crippen molar-refractivity contribution >= 4 is 26.3 Å². The van der Waals surface area contributed by atoms with Crippen molar-refractivity contribution in [3.05, 3.63) is 0 Å². The highest BCUT2D eigenvalue weighted by Gasteiger charge is 2.39. The molecular weight excluding hydrogens is 316 g/mol. The molecule has 2 atom stereocenters. The van der Waals surface area contributed by atoms with Crippen molar-refractivity contribution in [3.8, 4) is 0 Å². The van der Waals surface area contributed by atoms with Gasteiger partial charge in [-0.25, -0.2) is 0 Å². The van der Waals surface area contributed by atoms with E-state index in [0.29, 0.717) is 30.9 Å². The number of Topliss-reactive ketones (excluding diaryl/α,β-unsaturated/α-hetero) is 1. The summed E-state index contributed by atoms with van der Waals surface area (Å²) >= 11 is 1.91. The second kappa shape index (κ2) is 10.8. The summed E-state index contributed by atoms with van der Waals surface area (Å²) in [6, 6.07) is 0.862. The molecule has 6 heteroatoms. The fourth-order valence-electron chi connectivity index (χ4n) is 3.01. The molecule has 0 aromatic heterocycles. The molecule has 0 aromatic carbocycles. The molecule has 1 fully saturated rings. The van der Waals surface area contributed by atoms with Crippen molar-refractivity contribution in [3.63, 3.8) is 0 Å². The van der Waals surface area contributed by atoms with Crippen LogP contribution in [0.25, 0.3) is 0 Å². The first-order chi connectivity index (χ1) is 10.6. The maximum absolute atomic E-state index is 11.8. The van der Waals surface area contributed by atoms with Gasteiger partial charge >= 0.3 is 8.80 Å². The minimum Gasteiger partial charge on any atom is -0.374 e. The first-order valence-electron chi connectivity index (χ1n) is 8.64. The van der Waals surface area contributed by atoms with Gasteiger partial charge in [0.2, 0.25) is 0 Å². The van der Waals surface area contributed by atoms with Crippen LogP contribution in [0, 0.1) is 5.92 Å². The highest BCUT2D eigenvalue weighted by atomic mass is 32.2. The van der Waals surface area contributed by atoms with Crippen molar-refractivity contribution < 1.29 is 18.1 Å². The zero-order valence-electron chi connectivity index (χ0n) is 14.6. The largest absolute Gasteiger partial charge is 0.500 e. The first-order valence-corrected chi connectivity index (χ1v) is 11.6. The van der Waals surface area contributed by atoms with Crippen LogP contribution >= 0.6 is 11.8 Å². The Kier molecular flexibility index (Phi) is 9.91. The Balaban J connectivity index is 2.36. The third kappa shape index (κ3) is 6.32. The molecule has 0 amide bonds. The minimum absolute atomic E-state index is 0.276. The number of carbonyl (C=O) groups excluding carboxylic acids is 1. The summed E-state index contributed by atoms with van der Waals surface area (Å²) in [5.41, 5.74) is 0. The van der Waals surface area contributed by atoms with E-state index in [-0.39, 0.29) is 5.92 Å². The lowest BCUT2D eigenvalue weighted by atomic mass is 10.0. The van der Waals surface area contributed by atoms with Crippen LogP contribution in [0.2, 0.25) is 6.04 Å². The van der Waals surface area contributed by atoms with Crippen molar-refractivity contribution in [2.75, 3.05) is 25.6 Å². The van der Waals surface area contributed by atoms with Crippen molar-refractivity contribution in [2.45, 2.75) is 64.7 Å². The van der Waals surface area contributed by atoms with E-state index >= 15 is 0 Å². The van der Waals surface area contributed by atoms with E-state index in [4.69, 9.17) is 13.3 Å². The third-order valence-corrected chi connectivity index (χ3v) is 8.55. The summed E-state index contributed by atoms with van der Waals surface area (Å²) in [6.07, 6.45) is 3.94. The van der Waals surface area contributed by atoms with E-state index in [1.54, 1.807) is 0 Å². The Morgan fingerprint density at radius 3 is 2.23 bits per heavy atom. The smallest absolute Gasteiger partial charge is 0.374 e. The average Bonchev–Trinajstić information content (AvgIpc) is 2.90. The van der Waals surface area contributed by atoms with Gasteiger partial charge < -0.3 is 13.3 Å². The molecule has 0 bridgehead atoms. The lowest BCUT2D eigenvalue weighted by Crippen LogP contribution is -2.46. The van der Waals surface area contributed by atoms with Crippen LogP contribution in [0.4, 0.5) is 0 Å².